The first-order chi connectivity index (χ1) is 12.6. The minimum Gasteiger partial charge on any atom is -0.493 e. The Labute approximate surface area is 152 Å². The lowest BCUT2D eigenvalue weighted by molar-refractivity contribution is -0.125. The fourth-order valence-corrected chi connectivity index (χ4v) is 4.42. The topological polar surface area (TPSA) is 66.0 Å². The third kappa shape index (κ3) is 2.25. The molecule has 0 aromatic heterocycles. The zero-order chi connectivity index (χ0) is 18.4. The number of carbonyl (C=O) groups is 1. The van der Waals surface area contributed by atoms with Crippen LogP contribution in [0.1, 0.15) is 28.7 Å². The summed E-state index contributed by atoms with van der Waals surface area (Å²) in [4.78, 5) is 13.2. The zero-order valence-corrected chi connectivity index (χ0v) is 15.4. The number of hydrogen-bond donors (Lipinski definition) is 1. The van der Waals surface area contributed by atoms with E-state index in [9.17, 15) is 4.79 Å². The molecule has 3 atom stereocenters. The predicted octanol–water partition coefficient (Wildman–Crippen LogP) is 2.25. The summed E-state index contributed by atoms with van der Waals surface area (Å²) in [6.45, 7) is 0.760. The summed E-state index contributed by atoms with van der Waals surface area (Å²) in [5, 5.41) is 3.38. The highest BCUT2D eigenvalue weighted by atomic mass is 16.5. The van der Waals surface area contributed by atoms with Crippen molar-refractivity contribution >= 4 is 5.78 Å². The van der Waals surface area contributed by atoms with E-state index in [0.29, 0.717) is 23.0 Å². The number of methoxy groups -OCH3 is 4. The van der Waals surface area contributed by atoms with Crippen LogP contribution in [0.4, 0.5) is 0 Å². The SMILES string of the molecule is COC1=CC2C(=O)C3NCCc4cc(OC)c(OC)c(c43)C2C=C1OC. The van der Waals surface area contributed by atoms with Gasteiger partial charge in [0.1, 0.15) is 0 Å². The number of carbonyl (C=O) groups excluding carboxylic acids is 1. The molecule has 0 saturated heterocycles. The van der Waals surface area contributed by atoms with Gasteiger partial charge in [0.2, 0.25) is 0 Å². The molecule has 3 aliphatic rings. The van der Waals surface area contributed by atoms with Gasteiger partial charge in [0.25, 0.3) is 0 Å². The van der Waals surface area contributed by atoms with E-state index in [1.165, 1.54) is 0 Å². The number of allylic oxidation sites excluding steroid dienone is 2. The van der Waals surface area contributed by atoms with E-state index < -0.39 is 0 Å². The lowest BCUT2D eigenvalue weighted by atomic mass is 9.67. The molecule has 1 heterocycles. The van der Waals surface area contributed by atoms with Crippen molar-refractivity contribution in [2.75, 3.05) is 35.0 Å². The Morgan fingerprint density at radius 3 is 2.23 bits per heavy atom. The molecule has 6 nitrogen and oxygen atoms in total. The molecular weight excluding hydrogens is 334 g/mol. The average molecular weight is 357 g/mol. The quantitative estimate of drug-likeness (QED) is 0.892. The Balaban J connectivity index is 2.00. The van der Waals surface area contributed by atoms with Crippen molar-refractivity contribution in [3.63, 3.8) is 0 Å². The number of nitrogens with one attached hydrogen (secondary N) is 1. The molecule has 0 fully saturated rings. The second kappa shape index (κ2) is 6.36. The maximum Gasteiger partial charge on any atom is 0.164 e. The Bertz CT molecular complexity index is 826. The molecule has 0 radical (unpaired) electrons. The molecule has 6 heteroatoms. The Hall–Kier alpha value is -2.47. The molecule has 1 N–H and O–H groups in total. The molecule has 1 aliphatic heterocycles. The Kier molecular flexibility index (Phi) is 4.15. The van der Waals surface area contributed by atoms with Crippen LogP contribution in [0.2, 0.25) is 0 Å². The van der Waals surface area contributed by atoms with E-state index in [4.69, 9.17) is 18.9 Å². The van der Waals surface area contributed by atoms with Crippen LogP contribution < -0.4 is 14.8 Å². The highest BCUT2D eigenvalue weighted by molar-refractivity contribution is 5.94. The van der Waals surface area contributed by atoms with E-state index >= 15 is 0 Å². The van der Waals surface area contributed by atoms with Crippen LogP contribution >= 0.6 is 0 Å². The minimum atomic E-state index is -0.333. The maximum atomic E-state index is 13.2. The molecule has 26 heavy (non-hydrogen) atoms. The van der Waals surface area contributed by atoms with Crippen molar-refractivity contribution in [3.8, 4) is 11.5 Å². The summed E-state index contributed by atoms with van der Waals surface area (Å²) in [5.41, 5.74) is 3.17. The smallest absolute Gasteiger partial charge is 0.164 e. The van der Waals surface area contributed by atoms with Gasteiger partial charge in [-0.3, -0.25) is 4.79 Å². The van der Waals surface area contributed by atoms with Gasteiger partial charge >= 0.3 is 0 Å². The van der Waals surface area contributed by atoms with E-state index in [1.807, 2.05) is 18.2 Å². The molecule has 3 unspecified atom stereocenters. The predicted molar refractivity (Wildman–Crippen MR) is 95.4 cm³/mol. The number of benzene rings is 1. The molecule has 138 valence electrons. The Morgan fingerprint density at radius 2 is 1.62 bits per heavy atom. The van der Waals surface area contributed by atoms with Gasteiger partial charge in [-0.05, 0) is 35.8 Å². The molecular formula is C20H23NO5. The lowest BCUT2D eigenvalue weighted by Gasteiger charge is -2.41. The van der Waals surface area contributed by atoms with Crippen molar-refractivity contribution in [1.29, 1.82) is 0 Å². The van der Waals surface area contributed by atoms with Crippen molar-refractivity contribution < 1.29 is 23.7 Å². The molecule has 0 spiro atoms. The number of ketones is 1. The minimum absolute atomic E-state index is 0.150. The van der Waals surface area contributed by atoms with E-state index in [-0.39, 0.29) is 23.7 Å². The number of fused-ring (bicyclic) bond motifs is 2. The molecule has 0 saturated carbocycles. The monoisotopic (exact) mass is 357 g/mol. The standard InChI is InChI=1S/C20H23NO5/c1-23-13-8-11-12(9-14(13)24-2)19(22)18-16-10(5-6-21-18)7-15(25-3)20(26-4)17(11)16/h7-9,11-12,18,21H,5-6H2,1-4H3. The number of ether oxygens (including phenoxy) is 4. The van der Waals surface area contributed by atoms with Crippen molar-refractivity contribution in [2.45, 2.75) is 18.4 Å². The summed E-state index contributed by atoms with van der Waals surface area (Å²) in [5.74, 6) is 2.24. The van der Waals surface area contributed by atoms with Crippen LogP contribution in [0.25, 0.3) is 0 Å². The van der Waals surface area contributed by atoms with E-state index in [1.54, 1.807) is 28.4 Å². The van der Waals surface area contributed by atoms with E-state index in [0.717, 1.165) is 29.7 Å². The average Bonchev–Trinajstić information content (AvgIpc) is 2.69. The van der Waals surface area contributed by atoms with Crippen molar-refractivity contribution in [1.82, 2.24) is 5.32 Å². The molecule has 1 aromatic rings. The fourth-order valence-electron chi connectivity index (χ4n) is 4.42. The molecule has 0 amide bonds. The summed E-state index contributed by atoms with van der Waals surface area (Å²) in [6.07, 6.45) is 4.68. The second-order valence-electron chi connectivity index (χ2n) is 6.66. The second-order valence-corrected chi connectivity index (χ2v) is 6.66. The molecule has 0 bridgehead atoms. The van der Waals surface area contributed by atoms with Crippen LogP contribution in [0, 0.1) is 5.92 Å². The zero-order valence-electron chi connectivity index (χ0n) is 15.4. The first-order valence-electron chi connectivity index (χ1n) is 8.71. The van der Waals surface area contributed by atoms with Gasteiger partial charge in [0.05, 0.1) is 40.4 Å². The Morgan fingerprint density at radius 1 is 0.923 bits per heavy atom. The van der Waals surface area contributed by atoms with Gasteiger partial charge < -0.3 is 24.3 Å². The lowest BCUT2D eigenvalue weighted by Crippen LogP contribution is -2.44. The summed E-state index contributed by atoms with van der Waals surface area (Å²) >= 11 is 0. The maximum absolute atomic E-state index is 13.2. The van der Waals surface area contributed by atoms with Gasteiger partial charge in [-0.25, -0.2) is 0 Å². The first-order valence-corrected chi connectivity index (χ1v) is 8.71. The highest BCUT2D eigenvalue weighted by Gasteiger charge is 2.46. The van der Waals surface area contributed by atoms with E-state index in [2.05, 4.69) is 5.32 Å². The molecule has 4 rings (SSSR count). The highest BCUT2D eigenvalue weighted by Crippen LogP contribution is 2.52. The summed E-state index contributed by atoms with van der Waals surface area (Å²) in [6, 6.07) is 1.67. The fraction of sp³-hybridized carbons (Fsp3) is 0.450. The van der Waals surface area contributed by atoms with Crippen LogP contribution in [0.15, 0.2) is 29.7 Å². The number of hydrogen-bond acceptors (Lipinski definition) is 6. The molecule has 2 aliphatic carbocycles. The normalized spacial score (nSPS) is 26.2. The van der Waals surface area contributed by atoms with Crippen LogP contribution in [0.5, 0.6) is 11.5 Å². The van der Waals surface area contributed by atoms with Gasteiger partial charge in [-0.1, -0.05) is 0 Å². The molecule has 1 aromatic carbocycles. The number of Topliss-reactive ketones (excluding diaryl/α,β-unsaturated/α-hetero) is 1. The largest absolute Gasteiger partial charge is 0.493 e. The van der Waals surface area contributed by atoms with Gasteiger partial charge in [0.15, 0.2) is 28.8 Å². The van der Waals surface area contributed by atoms with Gasteiger partial charge in [0, 0.05) is 18.0 Å². The third-order valence-corrected chi connectivity index (χ3v) is 5.54. The van der Waals surface area contributed by atoms with Crippen LogP contribution in [-0.4, -0.2) is 40.8 Å². The third-order valence-electron chi connectivity index (χ3n) is 5.54. The first kappa shape index (κ1) is 17.0. The van der Waals surface area contributed by atoms with Gasteiger partial charge in [-0.15, -0.1) is 0 Å². The van der Waals surface area contributed by atoms with Crippen LogP contribution in [0.3, 0.4) is 0 Å². The van der Waals surface area contributed by atoms with Crippen LogP contribution in [-0.2, 0) is 20.7 Å². The number of rotatable bonds is 4. The van der Waals surface area contributed by atoms with Crippen molar-refractivity contribution in [3.05, 3.63) is 46.4 Å². The summed E-state index contributed by atoms with van der Waals surface area (Å²) in [7, 11) is 6.46. The summed E-state index contributed by atoms with van der Waals surface area (Å²) < 4.78 is 22.2. The van der Waals surface area contributed by atoms with Crippen molar-refractivity contribution in [2.24, 2.45) is 5.92 Å². The van der Waals surface area contributed by atoms with Gasteiger partial charge in [-0.2, -0.15) is 0 Å².